The Hall–Kier alpha value is -1.30. The smallest absolute Gasteiger partial charge is 0.330 e. The van der Waals surface area contributed by atoms with Crippen LogP contribution in [0.15, 0.2) is 11.6 Å². The molecular formula is C13H21NO2. The first-order valence-corrected chi connectivity index (χ1v) is 5.78. The van der Waals surface area contributed by atoms with Crippen LogP contribution in [0.4, 0.5) is 0 Å². The molecule has 0 fully saturated rings. The molecule has 0 aliphatic rings. The van der Waals surface area contributed by atoms with Gasteiger partial charge < -0.3 is 4.74 Å². The van der Waals surface area contributed by atoms with E-state index in [9.17, 15) is 4.79 Å². The van der Waals surface area contributed by atoms with Crippen molar-refractivity contribution in [2.24, 2.45) is 5.41 Å². The molecule has 0 unspecified atom stereocenters. The Bertz CT molecular complexity index is 302. The lowest BCUT2D eigenvalue weighted by atomic mass is 9.84. The quantitative estimate of drug-likeness (QED) is 0.394. The number of rotatable bonds is 6. The largest absolute Gasteiger partial charge is 0.465 e. The Balaban J connectivity index is 4.75. The number of carbonyl (C=O) groups is 1. The highest BCUT2D eigenvalue weighted by Gasteiger charge is 2.36. The molecule has 0 saturated carbocycles. The van der Waals surface area contributed by atoms with E-state index < -0.39 is 11.4 Å². The summed E-state index contributed by atoms with van der Waals surface area (Å²) in [6.45, 7) is 7.58. The lowest BCUT2D eigenvalue weighted by Crippen LogP contribution is -2.29. The molecule has 1 atom stereocenters. The fourth-order valence-electron chi connectivity index (χ4n) is 1.30. The van der Waals surface area contributed by atoms with E-state index in [2.05, 4.69) is 6.92 Å². The van der Waals surface area contributed by atoms with Gasteiger partial charge in [-0.3, -0.25) is 0 Å². The zero-order valence-corrected chi connectivity index (χ0v) is 10.7. The molecule has 0 amide bonds. The summed E-state index contributed by atoms with van der Waals surface area (Å²) in [5, 5.41) is 9.12. The van der Waals surface area contributed by atoms with Gasteiger partial charge in [-0.25, -0.2) is 4.79 Å². The number of ether oxygens (including phenoxy) is 1. The third-order valence-electron chi connectivity index (χ3n) is 2.70. The monoisotopic (exact) mass is 223 g/mol. The standard InChI is InChI=1S/C13H21NO2/c1-5-7-8-9-11(3)13(4,10-14)12(15)16-6-2/h9H,5-8H2,1-4H3/b11-9+/t13-/m0/s1. The molecule has 0 aliphatic heterocycles. The van der Waals surface area contributed by atoms with Crippen LogP contribution in [0.3, 0.4) is 0 Å². The van der Waals surface area contributed by atoms with Crippen molar-refractivity contribution in [3.8, 4) is 6.07 Å². The molecule has 0 bridgehead atoms. The molecule has 0 spiro atoms. The highest BCUT2D eigenvalue weighted by atomic mass is 16.5. The van der Waals surface area contributed by atoms with Gasteiger partial charge in [0.05, 0.1) is 12.7 Å². The number of hydrogen-bond donors (Lipinski definition) is 0. The Labute approximate surface area is 98.1 Å². The number of esters is 1. The lowest BCUT2D eigenvalue weighted by molar-refractivity contribution is -0.149. The Morgan fingerprint density at radius 1 is 1.50 bits per heavy atom. The van der Waals surface area contributed by atoms with Gasteiger partial charge in [-0.2, -0.15) is 5.26 Å². The maximum Gasteiger partial charge on any atom is 0.330 e. The summed E-state index contributed by atoms with van der Waals surface area (Å²) in [5.74, 6) is -0.456. The van der Waals surface area contributed by atoms with Crippen LogP contribution in [0, 0.1) is 16.7 Å². The molecule has 0 N–H and O–H groups in total. The number of carbonyl (C=O) groups excluding carboxylic acids is 1. The fraction of sp³-hybridized carbons (Fsp3) is 0.692. The number of nitrogens with zero attached hydrogens (tertiary/aromatic N) is 1. The van der Waals surface area contributed by atoms with Gasteiger partial charge in [0.1, 0.15) is 0 Å². The fourth-order valence-corrected chi connectivity index (χ4v) is 1.30. The summed E-state index contributed by atoms with van der Waals surface area (Å²) < 4.78 is 4.92. The topological polar surface area (TPSA) is 50.1 Å². The van der Waals surface area contributed by atoms with E-state index in [1.54, 1.807) is 13.8 Å². The van der Waals surface area contributed by atoms with Crippen molar-refractivity contribution in [2.45, 2.75) is 47.0 Å². The Kier molecular flexibility index (Phi) is 6.48. The molecule has 16 heavy (non-hydrogen) atoms. The molecule has 0 saturated heterocycles. The first-order chi connectivity index (χ1) is 7.52. The lowest BCUT2D eigenvalue weighted by Gasteiger charge is -2.20. The van der Waals surface area contributed by atoms with Gasteiger partial charge in [0, 0.05) is 0 Å². The SMILES string of the molecule is CCCC/C=C(\C)[C@](C)(C#N)C(=O)OCC. The zero-order chi connectivity index (χ0) is 12.6. The molecule has 3 heteroatoms. The van der Waals surface area contributed by atoms with Crippen LogP contribution >= 0.6 is 0 Å². The predicted molar refractivity (Wildman–Crippen MR) is 63.6 cm³/mol. The van der Waals surface area contributed by atoms with E-state index in [1.165, 1.54) is 0 Å². The summed E-state index contributed by atoms with van der Waals surface area (Å²) in [4.78, 5) is 11.7. The molecule has 0 aromatic carbocycles. The molecule has 0 rings (SSSR count). The van der Waals surface area contributed by atoms with Crippen LogP contribution in [-0.2, 0) is 9.53 Å². The average Bonchev–Trinajstić information content (AvgIpc) is 2.28. The molecule has 3 nitrogen and oxygen atoms in total. The van der Waals surface area contributed by atoms with Gasteiger partial charge >= 0.3 is 5.97 Å². The molecular weight excluding hydrogens is 202 g/mol. The van der Waals surface area contributed by atoms with Crippen LogP contribution in [0.1, 0.15) is 47.0 Å². The third kappa shape index (κ3) is 3.69. The normalized spacial score (nSPS) is 15.1. The zero-order valence-electron chi connectivity index (χ0n) is 10.7. The molecule has 0 aliphatic carbocycles. The van der Waals surface area contributed by atoms with Crippen molar-refractivity contribution < 1.29 is 9.53 Å². The predicted octanol–water partition coefficient (Wildman–Crippen LogP) is 3.22. The Morgan fingerprint density at radius 3 is 2.56 bits per heavy atom. The van der Waals surface area contributed by atoms with E-state index in [1.807, 2.05) is 19.1 Å². The van der Waals surface area contributed by atoms with Crippen molar-refractivity contribution >= 4 is 5.97 Å². The maximum atomic E-state index is 11.7. The van der Waals surface area contributed by atoms with E-state index in [0.717, 1.165) is 24.8 Å². The number of nitriles is 1. The minimum absolute atomic E-state index is 0.304. The molecule has 0 heterocycles. The van der Waals surface area contributed by atoms with Crippen molar-refractivity contribution in [3.63, 3.8) is 0 Å². The Morgan fingerprint density at radius 2 is 2.12 bits per heavy atom. The molecule has 0 radical (unpaired) electrons. The average molecular weight is 223 g/mol. The summed E-state index contributed by atoms with van der Waals surface area (Å²) >= 11 is 0. The van der Waals surface area contributed by atoms with E-state index in [0.29, 0.717) is 6.61 Å². The molecule has 0 aromatic rings. The second-order valence-corrected chi connectivity index (χ2v) is 3.99. The van der Waals surface area contributed by atoms with Gasteiger partial charge in [-0.15, -0.1) is 0 Å². The van der Waals surface area contributed by atoms with E-state index >= 15 is 0 Å². The minimum atomic E-state index is -1.14. The first-order valence-electron chi connectivity index (χ1n) is 5.78. The number of hydrogen-bond acceptors (Lipinski definition) is 3. The van der Waals surface area contributed by atoms with Crippen molar-refractivity contribution in [3.05, 3.63) is 11.6 Å². The van der Waals surface area contributed by atoms with Gasteiger partial charge in [0.2, 0.25) is 0 Å². The van der Waals surface area contributed by atoms with E-state index in [4.69, 9.17) is 10.00 Å². The van der Waals surface area contributed by atoms with Crippen molar-refractivity contribution in [1.82, 2.24) is 0 Å². The van der Waals surface area contributed by atoms with Gasteiger partial charge in [0.15, 0.2) is 5.41 Å². The summed E-state index contributed by atoms with van der Waals surface area (Å²) in [6, 6.07) is 2.05. The van der Waals surface area contributed by atoms with Crippen LogP contribution in [0.25, 0.3) is 0 Å². The van der Waals surface area contributed by atoms with Crippen molar-refractivity contribution in [1.29, 1.82) is 5.26 Å². The van der Waals surface area contributed by atoms with Crippen LogP contribution < -0.4 is 0 Å². The second kappa shape index (κ2) is 7.05. The highest BCUT2D eigenvalue weighted by molar-refractivity contribution is 5.83. The summed E-state index contributed by atoms with van der Waals surface area (Å²) in [7, 11) is 0. The summed E-state index contributed by atoms with van der Waals surface area (Å²) in [6.07, 6.45) is 5.04. The van der Waals surface area contributed by atoms with Crippen LogP contribution in [0.5, 0.6) is 0 Å². The minimum Gasteiger partial charge on any atom is -0.465 e. The van der Waals surface area contributed by atoms with Gasteiger partial charge in [-0.05, 0) is 32.8 Å². The number of unbranched alkanes of at least 4 members (excludes halogenated alkanes) is 2. The van der Waals surface area contributed by atoms with E-state index in [-0.39, 0.29) is 0 Å². The third-order valence-corrected chi connectivity index (χ3v) is 2.70. The van der Waals surface area contributed by atoms with Gasteiger partial charge in [0.25, 0.3) is 0 Å². The number of allylic oxidation sites excluding steroid dienone is 1. The second-order valence-electron chi connectivity index (χ2n) is 3.99. The summed E-state index contributed by atoms with van der Waals surface area (Å²) in [5.41, 5.74) is -0.356. The highest BCUT2D eigenvalue weighted by Crippen LogP contribution is 2.28. The van der Waals surface area contributed by atoms with Crippen molar-refractivity contribution in [2.75, 3.05) is 6.61 Å². The van der Waals surface area contributed by atoms with Crippen LogP contribution in [0.2, 0.25) is 0 Å². The maximum absolute atomic E-state index is 11.7. The first kappa shape index (κ1) is 14.7. The molecule has 0 aromatic heterocycles. The van der Waals surface area contributed by atoms with Crippen LogP contribution in [-0.4, -0.2) is 12.6 Å². The van der Waals surface area contributed by atoms with Gasteiger partial charge in [-0.1, -0.05) is 25.8 Å². The molecule has 90 valence electrons.